The van der Waals surface area contributed by atoms with E-state index in [1.807, 2.05) is 0 Å². The highest BCUT2D eigenvalue weighted by molar-refractivity contribution is 6.09. The zero-order valence-electron chi connectivity index (χ0n) is 10.6. The molecule has 7 heteroatoms. The molecule has 108 valence electrons. The molecule has 0 aliphatic heterocycles. The minimum Gasteiger partial charge on any atom is -0.462 e. The normalized spacial score (nSPS) is 12.4. The Bertz CT molecular complexity index is 510. The van der Waals surface area contributed by atoms with Gasteiger partial charge in [0.2, 0.25) is 0 Å². The lowest BCUT2D eigenvalue weighted by Gasteiger charge is -2.16. The van der Waals surface area contributed by atoms with E-state index in [1.54, 1.807) is 18.2 Å². The molecule has 1 aromatic rings. The number of para-hydroxylation sites is 1. The van der Waals surface area contributed by atoms with Gasteiger partial charge in [-0.3, -0.25) is 0 Å². The third kappa shape index (κ3) is 4.11. The molecule has 0 aliphatic rings. The van der Waals surface area contributed by atoms with Gasteiger partial charge in [-0.25, -0.2) is 4.79 Å². The average Bonchev–Trinajstić information content (AvgIpc) is 2.39. The fourth-order valence-electron chi connectivity index (χ4n) is 1.40. The van der Waals surface area contributed by atoms with Gasteiger partial charge in [-0.05, 0) is 19.1 Å². The molecule has 1 rings (SSSR count). The summed E-state index contributed by atoms with van der Waals surface area (Å²) in [6.45, 7) is 1.39. The molecule has 0 heterocycles. The number of hydrogen-bond donors (Lipinski definition) is 2. The molecule has 2 N–H and O–H groups in total. The number of halogens is 3. The molecule has 20 heavy (non-hydrogen) atoms. The van der Waals surface area contributed by atoms with E-state index in [-0.39, 0.29) is 12.3 Å². The summed E-state index contributed by atoms with van der Waals surface area (Å²) in [5, 5.41) is 9.13. The molecule has 0 saturated carbocycles. The SMILES string of the molecule is CCOC(=O)/C(C=N)=C(/Nc1ccccc1)C(F)(F)F. The lowest BCUT2D eigenvalue weighted by atomic mass is 10.2. The van der Waals surface area contributed by atoms with E-state index in [1.165, 1.54) is 19.1 Å². The van der Waals surface area contributed by atoms with Crippen molar-refractivity contribution in [2.75, 3.05) is 11.9 Å². The number of anilines is 1. The third-order valence-electron chi connectivity index (χ3n) is 2.24. The van der Waals surface area contributed by atoms with Crippen molar-refractivity contribution in [2.45, 2.75) is 13.1 Å². The number of hydrogen-bond acceptors (Lipinski definition) is 4. The first-order valence-corrected chi connectivity index (χ1v) is 5.71. The molecule has 1 aromatic carbocycles. The zero-order chi connectivity index (χ0) is 15.2. The van der Waals surface area contributed by atoms with Crippen molar-refractivity contribution in [2.24, 2.45) is 0 Å². The number of nitrogens with one attached hydrogen (secondary N) is 2. The van der Waals surface area contributed by atoms with Crippen LogP contribution in [0.1, 0.15) is 6.92 Å². The Balaban J connectivity index is 3.23. The maximum atomic E-state index is 13.0. The third-order valence-corrected chi connectivity index (χ3v) is 2.24. The summed E-state index contributed by atoms with van der Waals surface area (Å²) in [6, 6.07) is 7.57. The van der Waals surface area contributed by atoms with Crippen molar-refractivity contribution in [3.8, 4) is 0 Å². The smallest absolute Gasteiger partial charge is 0.432 e. The molecule has 0 aromatic heterocycles. The lowest BCUT2D eigenvalue weighted by Crippen LogP contribution is -2.25. The van der Waals surface area contributed by atoms with Crippen LogP contribution in [0.15, 0.2) is 41.6 Å². The summed E-state index contributed by atoms with van der Waals surface area (Å²) in [5.41, 5.74) is -2.04. The van der Waals surface area contributed by atoms with Crippen LogP contribution >= 0.6 is 0 Å². The van der Waals surface area contributed by atoms with Gasteiger partial charge in [0.15, 0.2) is 0 Å². The first kappa shape index (κ1) is 15.7. The fraction of sp³-hybridized carbons (Fsp3) is 0.231. The van der Waals surface area contributed by atoms with E-state index in [9.17, 15) is 18.0 Å². The van der Waals surface area contributed by atoms with Crippen molar-refractivity contribution in [1.82, 2.24) is 0 Å². The van der Waals surface area contributed by atoms with Gasteiger partial charge < -0.3 is 15.5 Å². The minimum atomic E-state index is -4.81. The van der Waals surface area contributed by atoms with Crippen LogP contribution in [0, 0.1) is 5.41 Å². The Morgan fingerprint density at radius 3 is 2.40 bits per heavy atom. The molecule has 0 fully saturated rings. The number of benzene rings is 1. The second-order valence-electron chi connectivity index (χ2n) is 3.64. The summed E-state index contributed by atoms with van der Waals surface area (Å²) in [4.78, 5) is 11.5. The zero-order valence-corrected chi connectivity index (χ0v) is 10.6. The average molecular weight is 286 g/mol. The molecular weight excluding hydrogens is 273 g/mol. The van der Waals surface area contributed by atoms with Gasteiger partial charge in [-0.15, -0.1) is 0 Å². The van der Waals surface area contributed by atoms with Crippen molar-refractivity contribution in [3.63, 3.8) is 0 Å². The predicted molar refractivity (Wildman–Crippen MR) is 68.6 cm³/mol. The van der Waals surface area contributed by atoms with Crippen LogP contribution in [0.4, 0.5) is 18.9 Å². The molecule has 0 saturated heterocycles. The summed E-state index contributed by atoms with van der Waals surface area (Å²) >= 11 is 0. The molecule has 0 amide bonds. The number of allylic oxidation sites excluding steroid dienone is 1. The van der Waals surface area contributed by atoms with E-state index in [0.717, 1.165) is 0 Å². The molecule has 0 aliphatic carbocycles. The Labute approximate surface area is 113 Å². The number of carbonyl (C=O) groups excluding carboxylic acids is 1. The summed E-state index contributed by atoms with van der Waals surface area (Å²) in [7, 11) is 0. The van der Waals surface area contributed by atoms with Gasteiger partial charge in [0.05, 0.1) is 6.61 Å². The Kier molecular flexibility index (Phi) is 5.31. The van der Waals surface area contributed by atoms with E-state index in [0.29, 0.717) is 6.21 Å². The number of carbonyl (C=O) groups is 1. The van der Waals surface area contributed by atoms with Crippen LogP contribution in [-0.4, -0.2) is 25.0 Å². The molecular formula is C13H13F3N2O2. The Morgan fingerprint density at radius 2 is 1.95 bits per heavy atom. The van der Waals surface area contributed by atoms with Gasteiger partial charge in [-0.2, -0.15) is 13.2 Å². The van der Waals surface area contributed by atoms with Crippen molar-refractivity contribution in [1.29, 1.82) is 5.41 Å². The Hall–Kier alpha value is -2.31. The highest BCUT2D eigenvalue weighted by Gasteiger charge is 2.38. The van der Waals surface area contributed by atoms with Crippen LogP contribution in [0.2, 0.25) is 0 Å². The van der Waals surface area contributed by atoms with Gasteiger partial charge in [0.25, 0.3) is 0 Å². The molecule has 0 spiro atoms. The van der Waals surface area contributed by atoms with Crippen LogP contribution in [-0.2, 0) is 9.53 Å². The van der Waals surface area contributed by atoms with E-state index >= 15 is 0 Å². The summed E-state index contributed by atoms with van der Waals surface area (Å²) in [5.74, 6) is -1.20. The van der Waals surface area contributed by atoms with Crippen LogP contribution in [0.5, 0.6) is 0 Å². The number of esters is 1. The van der Waals surface area contributed by atoms with Crippen LogP contribution in [0.3, 0.4) is 0 Å². The van der Waals surface area contributed by atoms with Gasteiger partial charge in [-0.1, -0.05) is 18.2 Å². The second kappa shape index (κ2) is 6.74. The first-order chi connectivity index (χ1) is 9.40. The van der Waals surface area contributed by atoms with E-state index in [2.05, 4.69) is 10.1 Å². The number of ether oxygens (including phenoxy) is 1. The number of alkyl halides is 3. The topological polar surface area (TPSA) is 62.2 Å². The predicted octanol–water partition coefficient (Wildman–Crippen LogP) is 3.13. The van der Waals surface area contributed by atoms with Crippen LogP contribution < -0.4 is 5.32 Å². The van der Waals surface area contributed by atoms with Crippen molar-refractivity contribution >= 4 is 17.9 Å². The quantitative estimate of drug-likeness (QED) is 0.496. The molecule has 0 radical (unpaired) electrons. The highest BCUT2D eigenvalue weighted by Crippen LogP contribution is 2.29. The van der Waals surface area contributed by atoms with E-state index < -0.39 is 23.4 Å². The Morgan fingerprint density at radius 1 is 1.35 bits per heavy atom. The summed E-state index contributed by atoms with van der Waals surface area (Å²) < 4.78 is 43.6. The van der Waals surface area contributed by atoms with Crippen molar-refractivity contribution < 1.29 is 22.7 Å². The van der Waals surface area contributed by atoms with E-state index in [4.69, 9.17) is 5.41 Å². The largest absolute Gasteiger partial charge is 0.462 e. The highest BCUT2D eigenvalue weighted by atomic mass is 19.4. The lowest BCUT2D eigenvalue weighted by molar-refractivity contribution is -0.139. The van der Waals surface area contributed by atoms with Gasteiger partial charge in [0.1, 0.15) is 11.3 Å². The van der Waals surface area contributed by atoms with Crippen molar-refractivity contribution in [3.05, 3.63) is 41.6 Å². The minimum absolute atomic E-state index is 0.0767. The molecule has 4 nitrogen and oxygen atoms in total. The monoisotopic (exact) mass is 286 g/mol. The standard InChI is InChI=1S/C13H13F3N2O2/c1-2-20-12(19)10(8-17)11(13(14,15)16)18-9-6-4-3-5-7-9/h3-8,17-18H,2H2,1H3/b11-10+,17-8?. The van der Waals surface area contributed by atoms with Crippen LogP contribution in [0.25, 0.3) is 0 Å². The van der Waals surface area contributed by atoms with Gasteiger partial charge >= 0.3 is 12.1 Å². The van der Waals surface area contributed by atoms with Gasteiger partial charge in [0, 0.05) is 11.9 Å². The maximum absolute atomic E-state index is 13.0. The number of rotatable bonds is 5. The first-order valence-electron chi connectivity index (χ1n) is 5.71. The second-order valence-corrected chi connectivity index (χ2v) is 3.64. The fourth-order valence-corrected chi connectivity index (χ4v) is 1.40. The molecule has 0 atom stereocenters. The molecule has 0 unspecified atom stereocenters. The summed E-state index contributed by atoms with van der Waals surface area (Å²) in [6.07, 6.45) is -4.48. The molecule has 0 bridgehead atoms. The maximum Gasteiger partial charge on any atom is 0.432 e.